The molecule has 8 atom stereocenters. The molecular formula is C23H33F3O2. The smallest absolute Gasteiger partial charge is 0.380 e. The SMILES string of the molecule is C=C(C)[C@H]1CCC2C3CCC4C[C@](O)(C(F)(F)F)CCC4(C)C3C(=O)CC21C. The van der Waals surface area contributed by atoms with Crippen molar-refractivity contribution in [3.8, 4) is 0 Å². The largest absolute Gasteiger partial charge is 0.417 e. The van der Waals surface area contributed by atoms with Gasteiger partial charge in [0.15, 0.2) is 5.60 Å². The van der Waals surface area contributed by atoms with E-state index in [2.05, 4.69) is 20.4 Å². The van der Waals surface area contributed by atoms with Crippen molar-refractivity contribution in [1.82, 2.24) is 0 Å². The third-order valence-electron chi connectivity index (χ3n) is 9.53. The van der Waals surface area contributed by atoms with Crippen molar-refractivity contribution >= 4 is 5.78 Å². The van der Waals surface area contributed by atoms with Gasteiger partial charge in [-0.3, -0.25) is 4.79 Å². The number of ketones is 1. The molecule has 0 spiro atoms. The summed E-state index contributed by atoms with van der Waals surface area (Å²) in [6, 6.07) is 0. The summed E-state index contributed by atoms with van der Waals surface area (Å²) in [4.78, 5) is 13.4. The first-order valence-corrected chi connectivity index (χ1v) is 10.8. The lowest BCUT2D eigenvalue weighted by atomic mass is 9.43. The Morgan fingerprint density at radius 3 is 2.39 bits per heavy atom. The number of aliphatic hydroxyl groups is 1. The van der Waals surface area contributed by atoms with Gasteiger partial charge in [0.2, 0.25) is 0 Å². The Balaban J connectivity index is 1.65. The minimum atomic E-state index is -4.60. The lowest BCUT2D eigenvalue weighted by molar-refractivity contribution is -0.288. The molecule has 0 aliphatic heterocycles. The molecule has 158 valence electrons. The molecule has 4 rings (SSSR count). The van der Waals surface area contributed by atoms with Crippen LogP contribution in [0.4, 0.5) is 13.2 Å². The van der Waals surface area contributed by atoms with Crippen LogP contribution >= 0.6 is 0 Å². The number of rotatable bonds is 1. The predicted octanol–water partition coefficient (Wildman–Crippen LogP) is 5.69. The molecule has 4 saturated carbocycles. The van der Waals surface area contributed by atoms with Gasteiger partial charge in [0.25, 0.3) is 0 Å². The van der Waals surface area contributed by atoms with Gasteiger partial charge >= 0.3 is 6.18 Å². The highest BCUT2D eigenvalue weighted by Crippen LogP contribution is 2.68. The molecule has 1 N–H and O–H groups in total. The van der Waals surface area contributed by atoms with Crippen molar-refractivity contribution in [1.29, 1.82) is 0 Å². The van der Waals surface area contributed by atoms with Crippen LogP contribution in [0, 0.1) is 40.4 Å². The average molecular weight is 399 g/mol. The maximum Gasteiger partial charge on any atom is 0.417 e. The summed E-state index contributed by atoms with van der Waals surface area (Å²) in [6.45, 7) is 10.5. The van der Waals surface area contributed by atoms with Crippen molar-refractivity contribution < 1.29 is 23.1 Å². The van der Waals surface area contributed by atoms with Crippen LogP contribution in [0.25, 0.3) is 0 Å². The maximum atomic E-state index is 13.4. The van der Waals surface area contributed by atoms with E-state index in [1.807, 2.05) is 6.92 Å². The van der Waals surface area contributed by atoms with Gasteiger partial charge in [-0.15, -0.1) is 0 Å². The van der Waals surface area contributed by atoms with E-state index in [9.17, 15) is 23.1 Å². The molecule has 2 nitrogen and oxygen atoms in total. The van der Waals surface area contributed by atoms with E-state index < -0.39 is 17.2 Å². The number of carbonyl (C=O) groups excluding carboxylic acids is 1. The highest BCUT2D eigenvalue weighted by molar-refractivity contribution is 5.84. The topological polar surface area (TPSA) is 37.3 Å². The first kappa shape index (κ1) is 20.4. The number of carbonyl (C=O) groups is 1. The summed E-state index contributed by atoms with van der Waals surface area (Å²) < 4.78 is 40.3. The van der Waals surface area contributed by atoms with E-state index in [1.54, 1.807) is 0 Å². The normalized spacial score (nSPS) is 51.2. The zero-order valence-corrected chi connectivity index (χ0v) is 17.2. The lowest BCUT2D eigenvalue weighted by Crippen LogP contribution is -2.61. The quantitative estimate of drug-likeness (QED) is 0.576. The number of hydrogen-bond donors (Lipinski definition) is 1. The van der Waals surface area contributed by atoms with Crippen LogP contribution in [0.3, 0.4) is 0 Å². The van der Waals surface area contributed by atoms with Gasteiger partial charge in [-0.25, -0.2) is 0 Å². The molecular weight excluding hydrogens is 365 g/mol. The molecule has 0 bridgehead atoms. The molecule has 0 radical (unpaired) electrons. The third kappa shape index (κ3) is 2.60. The zero-order chi connectivity index (χ0) is 20.7. The highest BCUT2D eigenvalue weighted by Gasteiger charge is 2.66. The van der Waals surface area contributed by atoms with Crippen LogP contribution in [0.1, 0.15) is 72.1 Å². The minimum absolute atomic E-state index is 0.0470. The number of hydrogen-bond acceptors (Lipinski definition) is 2. The molecule has 6 unspecified atom stereocenters. The highest BCUT2D eigenvalue weighted by atomic mass is 19.4. The predicted molar refractivity (Wildman–Crippen MR) is 101 cm³/mol. The Bertz CT molecular complexity index is 700. The van der Waals surface area contributed by atoms with E-state index in [1.165, 1.54) is 0 Å². The second-order valence-electron chi connectivity index (χ2n) is 10.9. The van der Waals surface area contributed by atoms with Crippen molar-refractivity contribution in [2.75, 3.05) is 0 Å². The van der Waals surface area contributed by atoms with Gasteiger partial charge in [0.1, 0.15) is 5.78 Å². The molecule has 4 fully saturated rings. The molecule has 0 amide bonds. The Hall–Kier alpha value is -0.840. The van der Waals surface area contributed by atoms with Crippen LogP contribution in [0.5, 0.6) is 0 Å². The van der Waals surface area contributed by atoms with E-state index in [4.69, 9.17) is 0 Å². The monoisotopic (exact) mass is 398 g/mol. The molecule has 0 aromatic rings. The van der Waals surface area contributed by atoms with Crippen molar-refractivity contribution in [3.63, 3.8) is 0 Å². The summed E-state index contributed by atoms with van der Waals surface area (Å²) in [7, 11) is 0. The fourth-order valence-electron chi connectivity index (χ4n) is 8.13. The van der Waals surface area contributed by atoms with Gasteiger partial charge in [-0.1, -0.05) is 26.0 Å². The van der Waals surface area contributed by atoms with Gasteiger partial charge in [0.05, 0.1) is 0 Å². The Morgan fingerprint density at radius 2 is 1.79 bits per heavy atom. The second-order valence-corrected chi connectivity index (χ2v) is 10.9. The minimum Gasteiger partial charge on any atom is -0.380 e. The average Bonchev–Trinajstić information content (AvgIpc) is 2.91. The maximum absolute atomic E-state index is 13.4. The van der Waals surface area contributed by atoms with Gasteiger partial charge in [-0.05, 0) is 86.4 Å². The van der Waals surface area contributed by atoms with Crippen molar-refractivity contribution in [2.24, 2.45) is 40.4 Å². The van der Waals surface area contributed by atoms with Gasteiger partial charge in [-0.2, -0.15) is 13.2 Å². The van der Waals surface area contributed by atoms with Gasteiger partial charge < -0.3 is 5.11 Å². The van der Waals surface area contributed by atoms with Crippen molar-refractivity contribution in [3.05, 3.63) is 12.2 Å². The Labute approximate surface area is 166 Å². The molecule has 0 heterocycles. The van der Waals surface area contributed by atoms with Gasteiger partial charge in [0, 0.05) is 12.3 Å². The summed E-state index contributed by atoms with van der Waals surface area (Å²) in [6.07, 6.45) is -0.648. The Morgan fingerprint density at radius 1 is 1.11 bits per heavy atom. The molecule has 0 saturated heterocycles. The van der Waals surface area contributed by atoms with Crippen LogP contribution in [-0.2, 0) is 4.79 Å². The fourth-order valence-corrected chi connectivity index (χ4v) is 8.13. The Kier molecular flexibility index (Phi) is 4.44. The summed E-state index contributed by atoms with van der Waals surface area (Å²) >= 11 is 0. The number of alkyl halides is 3. The lowest BCUT2D eigenvalue weighted by Gasteiger charge is -2.61. The van der Waals surface area contributed by atoms with Crippen molar-refractivity contribution in [2.45, 2.75) is 83.9 Å². The number of allylic oxidation sites excluding steroid dienone is 1. The zero-order valence-electron chi connectivity index (χ0n) is 17.2. The summed E-state index contributed by atoms with van der Waals surface area (Å²) in [5, 5.41) is 10.3. The number of halogens is 3. The standard InChI is InChI=1S/C23H33F3O2/c1-13(2)16-7-8-17-15-6-5-14-11-22(28,23(24,25)26)10-9-20(14,3)19(15)18(27)12-21(16,17)4/h14-17,19,28H,1,5-12H2,2-4H3/t14?,15?,16-,17?,19?,20?,21?,22+/m1/s1. The van der Waals surface area contributed by atoms with E-state index in [0.717, 1.165) is 24.8 Å². The van der Waals surface area contributed by atoms with Crippen LogP contribution in [0.2, 0.25) is 0 Å². The first-order chi connectivity index (χ1) is 12.8. The first-order valence-electron chi connectivity index (χ1n) is 10.8. The van der Waals surface area contributed by atoms with E-state index >= 15 is 0 Å². The van der Waals surface area contributed by atoms with Crippen LogP contribution < -0.4 is 0 Å². The summed E-state index contributed by atoms with van der Waals surface area (Å²) in [5.41, 5.74) is -1.90. The molecule has 5 heteroatoms. The second kappa shape index (κ2) is 6.09. The van der Waals surface area contributed by atoms with Crippen LogP contribution in [0.15, 0.2) is 12.2 Å². The molecule has 0 aromatic heterocycles. The molecule has 4 aliphatic rings. The fraction of sp³-hybridized carbons (Fsp3) is 0.870. The third-order valence-corrected chi connectivity index (χ3v) is 9.53. The molecule has 28 heavy (non-hydrogen) atoms. The molecule has 0 aromatic carbocycles. The van der Waals surface area contributed by atoms with E-state index in [0.29, 0.717) is 24.7 Å². The summed E-state index contributed by atoms with van der Waals surface area (Å²) in [5.74, 6) is 0.968. The number of fused-ring (bicyclic) bond motifs is 5. The van der Waals surface area contributed by atoms with E-state index in [-0.39, 0.29) is 48.2 Å². The van der Waals surface area contributed by atoms with Crippen LogP contribution in [-0.4, -0.2) is 22.7 Å². The molecule has 4 aliphatic carbocycles. The number of Topliss-reactive ketones (excluding diaryl/α,β-unsaturated/α-hetero) is 1.